The molecule has 0 amide bonds. The van der Waals surface area contributed by atoms with Crippen molar-refractivity contribution >= 4 is 23.5 Å². The molecule has 0 aromatic rings. The highest BCUT2D eigenvalue weighted by Crippen LogP contribution is 2.31. The maximum Gasteiger partial charge on any atom is 0.308 e. The molecule has 0 fully saturated rings. The Bertz CT molecular complexity index is 1290. The van der Waals surface area contributed by atoms with Gasteiger partial charge in [-0.1, -0.05) is 299 Å². The lowest BCUT2D eigenvalue weighted by Crippen LogP contribution is -2.29. The zero-order valence-corrected chi connectivity index (χ0v) is 49.2. The van der Waals surface area contributed by atoms with E-state index in [-0.39, 0.29) is 60.4 Å². The van der Waals surface area contributed by atoms with Crippen LogP contribution in [0.25, 0.3) is 0 Å². The van der Waals surface area contributed by atoms with Crippen molar-refractivity contribution in [2.75, 3.05) is 13.2 Å². The van der Waals surface area contributed by atoms with Crippen LogP contribution in [-0.2, 0) is 28.7 Å². The molecule has 72 heavy (non-hydrogen) atoms. The minimum atomic E-state index is -0.322. The summed E-state index contributed by atoms with van der Waals surface area (Å²) >= 11 is 0. The second-order valence-electron chi connectivity index (χ2n) is 23.5. The van der Waals surface area contributed by atoms with Crippen molar-refractivity contribution in [2.24, 2.45) is 35.5 Å². The molecule has 420 valence electrons. The summed E-state index contributed by atoms with van der Waals surface area (Å²) in [4.78, 5) is 54.7. The third-order valence-electron chi connectivity index (χ3n) is 16.3. The van der Waals surface area contributed by atoms with Gasteiger partial charge in [-0.2, -0.15) is 0 Å². The van der Waals surface area contributed by atoms with Gasteiger partial charge in [-0.3, -0.25) is 19.2 Å². The molecule has 0 N–H and O–H groups in total. The molecule has 0 saturated heterocycles. The number of esters is 2. The van der Waals surface area contributed by atoms with Crippen molar-refractivity contribution < 1.29 is 28.7 Å². The Balaban J connectivity index is 2.63. The minimum absolute atomic E-state index is 0.118. The predicted octanol–water partition coefficient (Wildman–Crippen LogP) is 20.3. The molecular weight excluding hydrogens is 889 g/mol. The largest absolute Gasteiger partial charge is 0.465 e. The highest BCUT2D eigenvalue weighted by Gasteiger charge is 2.32. The normalized spacial score (nSPS) is 15.4. The summed E-state index contributed by atoms with van der Waals surface area (Å²) < 4.78 is 11.9. The summed E-state index contributed by atoms with van der Waals surface area (Å²) in [7, 11) is 0. The van der Waals surface area contributed by atoms with Gasteiger partial charge in [0, 0.05) is 23.0 Å². The van der Waals surface area contributed by atoms with E-state index in [1.54, 1.807) is 0 Å². The summed E-state index contributed by atoms with van der Waals surface area (Å²) in [5.41, 5.74) is 0.909. The Hall–Kier alpha value is -2.24. The number of rotatable bonds is 52. The molecule has 0 aromatic carbocycles. The topological polar surface area (TPSA) is 86.7 Å². The molecule has 0 heterocycles. The van der Waals surface area contributed by atoms with Crippen LogP contribution in [0.5, 0.6) is 0 Å². The molecule has 6 nitrogen and oxygen atoms in total. The molecular formula is C66H120O6. The maximum absolute atomic E-state index is 14.0. The maximum atomic E-state index is 14.0. The van der Waals surface area contributed by atoms with Gasteiger partial charge in [-0.25, -0.2) is 0 Å². The summed E-state index contributed by atoms with van der Waals surface area (Å²) in [6, 6.07) is 0. The van der Waals surface area contributed by atoms with Crippen LogP contribution in [0, 0.1) is 35.5 Å². The van der Waals surface area contributed by atoms with E-state index in [1.165, 1.54) is 179 Å². The van der Waals surface area contributed by atoms with Crippen LogP contribution in [0.3, 0.4) is 0 Å². The third-order valence-corrected chi connectivity index (χ3v) is 16.3. The number of carbonyl (C=O) groups excluding carboxylic acids is 4. The van der Waals surface area contributed by atoms with E-state index in [1.807, 2.05) is 13.8 Å². The summed E-state index contributed by atoms with van der Waals surface area (Å²) in [6.07, 6.45) is 54.1. The van der Waals surface area contributed by atoms with Gasteiger partial charge in [-0.05, 0) is 49.7 Å². The van der Waals surface area contributed by atoms with Gasteiger partial charge in [0.05, 0.1) is 25.0 Å². The van der Waals surface area contributed by atoms with Gasteiger partial charge in [0.25, 0.3) is 0 Å². The van der Waals surface area contributed by atoms with Crippen LogP contribution in [-0.4, -0.2) is 36.7 Å². The van der Waals surface area contributed by atoms with Crippen LogP contribution in [0.1, 0.15) is 325 Å². The lowest BCUT2D eigenvalue weighted by molar-refractivity contribution is -0.150. The number of allylic oxidation sites excluding steroid dienone is 2. The average Bonchev–Trinajstić information content (AvgIpc) is 3.37. The van der Waals surface area contributed by atoms with Crippen LogP contribution >= 0.6 is 0 Å². The Morgan fingerprint density at radius 1 is 0.333 bits per heavy atom. The van der Waals surface area contributed by atoms with Crippen molar-refractivity contribution in [2.45, 2.75) is 325 Å². The van der Waals surface area contributed by atoms with Crippen LogP contribution < -0.4 is 0 Å². The molecule has 1 aliphatic carbocycles. The highest BCUT2D eigenvalue weighted by molar-refractivity contribution is 6.20. The number of ether oxygens (including phenoxy) is 2. The predicted molar refractivity (Wildman–Crippen MR) is 308 cm³/mol. The van der Waals surface area contributed by atoms with E-state index in [0.717, 1.165) is 89.9 Å². The summed E-state index contributed by atoms with van der Waals surface area (Å²) in [5.74, 6) is -0.486. The standard InChI is InChI=1S/C66H120O6/c1-9-13-17-21-23-25-27-29-31-33-35-37-43-55(5)45-41-47-57(7)65(69)71-53-59(49-39-19-15-11-3)61-51-64(68)62(52-63(61)67)60(50-40-20-16-12-4)54-72-66(70)58(8)48-42-46-56(6)44-38-36-34-32-30-28-26-24-22-18-14-10-2/h51-52,55-60H,9-50,53-54H2,1-8H3. The minimum Gasteiger partial charge on any atom is -0.465 e. The lowest BCUT2D eigenvalue weighted by Gasteiger charge is -2.25. The van der Waals surface area contributed by atoms with Gasteiger partial charge in [0.2, 0.25) is 0 Å². The molecule has 0 bridgehead atoms. The fraction of sp³-hybridized carbons (Fsp3) is 0.879. The van der Waals surface area contributed by atoms with Gasteiger partial charge >= 0.3 is 11.9 Å². The molecule has 0 saturated carbocycles. The molecule has 1 rings (SSSR count). The fourth-order valence-electron chi connectivity index (χ4n) is 10.9. The number of ketones is 2. The monoisotopic (exact) mass is 1010 g/mol. The smallest absolute Gasteiger partial charge is 0.308 e. The molecule has 0 spiro atoms. The lowest BCUT2D eigenvalue weighted by atomic mass is 9.81. The van der Waals surface area contributed by atoms with Crippen molar-refractivity contribution in [3.8, 4) is 0 Å². The number of carbonyl (C=O) groups is 4. The SMILES string of the molecule is CCCCCCCCCCCCCCC(C)CCCC(C)C(=O)OCC(CCCCCC)C1=CC(=O)C(C(CCCCCC)COC(=O)C(C)CCCC(C)CCCCCCCCCCCCCC)=CC1=O. The first-order valence-electron chi connectivity index (χ1n) is 31.8. The average molecular weight is 1010 g/mol. The van der Waals surface area contributed by atoms with Crippen LogP contribution in [0.4, 0.5) is 0 Å². The highest BCUT2D eigenvalue weighted by atomic mass is 16.5. The van der Waals surface area contributed by atoms with Gasteiger partial charge in [0.1, 0.15) is 0 Å². The van der Waals surface area contributed by atoms with E-state index in [9.17, 15) is 19.2 Å². The number of hydrogen-bond acceptors (Lipinski definition) is 6. The summed E-state index contributed by atoms with van der Waals surface area (Å²) in [5, 5.41) is 0. The summed E-state index contributed by atoms with van der Waals surface area (Å²) in [6.45, 7) is 17.8. The molecule has 0 radical (unpaired) electrons. The Morgan fingerprint density at radius 2 is 0.569 bits per heavy atom. The number of unbranched alkanes of at least 4 members (excludes halogenated alkanes) is 28. The first-order valence-corrected chi connectivity index (χ1v) is 31.8. The second-order valence-corrected chi connectivity index (χ2v) is 23.5. The first kappa shape index (κ1) is 67.8. The molecule has 6 heteroatoms. The van der Waals surface area contributed by atoms with Gasteiger partial charge < -0.3 is 9.47 Å². The van der Waals surface area contributed by atoms with Crippen LogP contribution in [0.2, 0.25) is 0 Å². The number of hydrogen-bond donors (Lipinski definition) is 0. The van der Waals surface area contributed by atoms with Crippen molar-refractivity contribution in [3.63, 3.8) is 0 Å². The second kappa shape index (κ2) is 47.2. The van der Waals surface area contributed by atoms with Crippen LogP contribution in [0.15, 0.2) is 23.3 Å². The van der Waals surface area contributed by atoms with E-state index < -0.39 is 0 Å². The van der Waals surface area contributed by atoms with Gasteiger partial charge in [0.15, 0.2) is 11.6 Å². The zero-order chi connectivity index (χ0) is 52.9. The van der Waals surface area contributed by atoms with E-state index in [0.29, 0.717) is 35.8 Å². The van der Waals surface area contributed by atoms with Crippen molar-refractivity contribution in [1.82, 2.24) is 0 Å². The van der Waals surface area contributed by atoms with E-state index in [2.05, 4.69) is 41.5 Å². The van der Waals surface area contributed by atoms with Gasteiger partial charge in [-0.15, -0.1) is 0 Å². The van der Waals surface area contributed by atoms with E-state index in [4.69, 9.17) is 9.47 Å². The first-order chi connectivity index (χ1) is 35.0. The Morgan fingerprint density at radius 3 is 0.861 bits per heavy atom. The molecule has 1 aliphatic rings. The Labute approximate surface area is 447 Å². The molecule has 6 atom stereocenters. The van der Waals surface area contributed by atoms with E-state index >= 15 is 0 Å². The molecule has 0 aliphatic heterocycles. The van der Waals surface area contributed by atoms with Crippen molar-refractivity contribution in [1.29, 1.82) is 0 Å². The third kappa shape index (κ3) is 35.9. The van der Waals surface area contributed by atoms with Crippen molar-refractivity contribution in [3.05, 3.63) is 23.3 Å². The Kier molecular flexibility index (Phi) is 44.5. The molecule has 0 aromatic heterocycles. The zero-order valence-electron chi connectivity index (χ0n) is 49.2. The quantitative estimate of drug-likeness (QED) is 0.0343. The fourth-order valence-corrected chi connectivity index (χ4v) is 10.9. The molecule has 6 unspecified atom stereocenters.